The van der Waals surface area contributed by atoms with Gasteiger partial charge in [0.25, 0.3) is 6.04 Å². The molecular formula is C16H17NO8. The smallest absolute Gasteiger partial charge is 0.251 e. The topological polar surface area (TPSA) is 117 Å². The molecular weight excluding hydrogens is 334 g/mol. The van der Waals surface area contributed by atoms with Crippen molar-refractivity contribution in [3.05, 3.63) is 33.9 Å². The van der Waals surface area contributed by atoms with Crippen molar-refractivity contribution in [3.8, 4) is 11.5 Å². The first-order valence-electron chi connectivity index (χ1n) is 7.89. The molecule has 2 fully saturated rings. The summed E-state index contributed by atoms with van der Waals surface area (Å²) in [6.07, 6.45) is -3.94. The molecule has 3 aliphatic rings. The molecule has 1 aliphatic carbocycles. The van der Waals surface area contributed by atoms with Crippen LogP contribution >= 0.6 is 0 Å². The number of hydrogen-bond acceptors (Lipinski definition) is 8. The van der Waals surface area contributed by atoms with Gasteiger partial charge >= 0.3 is 0 Å². The average Bonchev–Trinajstić information content (AvgIpc) is 2.99. The van der Waals surface area contributed by atoms with Gasteiger partial charge in [-0.3, -0.25) is 14.9 Å². The Morgan fingerprint density at radius 2 is 1.88 bits per heavy atom. The minimum atomic E-state index is -1.57. The number of fused-ring (bicyclic) bond motifs is 3. The van der Waals surface area contributed by atoms with Crippen LogP contribution in [0.2, 0.25) is 0 Å². The molecule has 1 saturated carbocycles. The van der Waals surface area contributed by atoms with E-state index in [1.54, 1.807) is 32.0 Å². The van der Waals surface area contributed by atoms with E-state index in [9.17, 15) is 20.0 Å². The molecule has 1 aromatic carbocycles. The van der Waals surface area contributed by atoms with Crippen LogP contribution in [0.4, 0.5) is 0 Å². The average molecular weight is 351 g/mol. The van der Waals surface area contributed by atoms with Crippen LogP contribution in [0.25, 0.3) is 0 Å². The Hall–Kier alpha value is -2.23. The quantitative estimate of drug-likeness (QED) is 0.608. The number of rotatable bonds is 2. The fourth-order valence-electron chi connectivity index (χ4n) is 3.72. The van der Waals surface area contributed by atoms with Crippen molar-refractivity contribution < 1.29 is 33.8 Å². The molecule has 1 unspecified atom stereocenters. The maximum absolute atomic E-state index is 12.6. The Bertz CT molecular complexity index is 748. The third kappa shape index (κ3) is 2.46. The highest BCUT2D eigenvalue weighted by Crippen LogP contribution is 2.44. The molecule has 1 N–H and O–H groups in total. The molecule has 0 spiro atoms. The predicted octanol–water partition coefficient (Wildman–Crippen LogP) is 0.608. The summed E-state index contributed by atoms with van der Waals surface area (Å²) in [5, 5.41) is 22.1. The molecule has 25 heavy (non-hydrogen) atoms. The zero-order valence-corrected chi connectivity index (χ0v) is 13.6. The number of aliphatic hydroxyl groups excluding tert-OH is 1. The highest BCUT2D eigenvalue weighted by Gasteiger charge is 2.62. The van der Waals surface area contributed by atoms with E-state index in [0.717, 1.165) is 0 Å². The first-order valence-corrected chi connectivity index (χ1v) is 7.89. The SMILES string of the molecule is CC1(C)O[C@@H]2C(=O)[C@H](O1)C(c1ccc3c(c1)OCO3)[C@@H]([N+](=O)[O-])[C@@H]2O. The number of ether oxygens (including phenoxy) is 4. The molecule has 1 aromatic rings. The summed E-state index contributed by atoms with van der Waals surface area (Å²) in [5.74, 6) is -1.63. The second-order valence-corrected chi connectivity index (χ2v) is 6.78. The van der Waals surface area contributed by atoms with Crippen LogP contribution in [0.1, 0.15) is 25.3 Å². The van der Waals surface area contributed by atoms with Crippen molar-refractivity contribution in [2.45, 2.75) is 49.9 Å². The fraction of sp³-hybridized carbons (Fsp3) is 0.562. The monoisotopic (exact) mass is 351 g/mol. The van der Waals surface area contributed by atoms with Gasteiger partial charge in [0.15, 0.2) is 35.3 Å². The van der Waals surface area contributed by atoms with E-state index >= 15 is 0 Å². The van der Waals surface area contributed by atoms with Gasteiger partial charge in [-0.25, -0.2) is 0 Å². The summed E-state index contributed by atoms with van der Waals surface area (Å²) in [6.45, 7) is 3.28. The third-order valence-electron chi connectivity index (χ3n) is 4.76. The molecule has 4 rings (SSSR count). The lowest BCUT2D eigenvalue weighted by Crippen LogP contribution is -2.67. The van der Waals surface area contributed by atoms with Gasteiger partial charge in [-0.1, -0.05) is 6.07 Å². The van der Waals surface area contributed by atoms with Crippen LogP contribution in [-0.4, -0.2) is 52.7 Å². The summed E-state index contributed by atoms with van der Waals surface area (Å²) in [7, 11) is 0. The molecule has 1 saturated heterocycles. The minimum absolute atomic E-state index is 0.0621. The lowest BCUT2D eigenvalue weighted by Gasteiger charge is -2.48. The maximum Gasteiger partial charge on any atom is 0.251 e. The molecule has 2 bridgehead atoms. The molecule has 0 radical (unpaired) electrons. The van der Waals surface area contributed by atoms with Gasteiger partial charge in [-0.05, 0) is 31.5 Å². The molecule has 0 aromatic heterocycles. The van der Waals surface area contributed by atoms with Crippen LogP contribution in [-0.2, 0) is 14.3 Å². The van der Waals surface area contributed by atoms with Crippen molar-refractivity contribution in [1.29, 1.82) is 0 Å². The van der Waals surface area contributed by atoms with Crippen molar-refractivity contribution in [2.24, 2.45) is 0 Å². The number of Topliss-reactive ketones (excluding diaryl/α,β-unsaturated/α-hetero) is 1. The fourth-order valence-corrected chi connectivity index (χ4v) is 3.72. The number of nitrogens with zero attached hydrogens (tertiary/aromatic N) is 1. The van der Waals surface area contributed by atoms with Crippen LogP contribution in [0, 0.1) is 10.1 Å². The van der Waals surface area contributed by atoms with Gasteiger partial charge in [0.05, 0.1) is 5.92 Å². The number of ketones is 1. The van der Waals surface area contributed by atoms with Crippen molar-refractivity contribution in [2.75, 3.05) is 6.79 Å². The first-order chi connectivity index (χ1) is 11.8. The van der Waals surface area contributed by atoms with Gasteiger partial charge in [0.2, 0.25) is 6.79 Å². The number of nitro groups is 1. The normalized spacial score (nSPS) is 35.5. The number of aliphatic hydroxyl groups is 1. The zero-order valence-electron chi connectivity index (χ0n) is 13.6. The number of benzene rings is 1. The van der Waals surface area contributed by atoms with E-state index < -0.39 is 46.8 Å². The van der Waals surface area contributed by atoms with Gasteiger partial charge in [0, 0.05) is 4.92 Å². The van der Waals surface area contributed by atoms with Gasteiger partial charge in [0.1, 0.15) is 6.10 Å². The van der Waals surface area contributed by atoms with E-state index in [0.29, 0.717) is 17.1 Å². The van der Waals surface area contributed by atoms with Crippen molar-refractivity contribution >= 4 is 5.78 Å². The van der Waals surface area contributed by atoms with Crippen LogP contribution in [0.3, 0.4) is 0 Å². The third-order valence-corrected chi connectivity index (χ3v) is 4.76. The van der Waals surface area contributed by atoms with Crippen LogP contribution in [0.5, 0.6) is 11.5 Å². The van der Waals surface area contributed by atoms with Gasteiger partial charge < -0.3 is 24.1 Å². The lowest BCUT2D eigenvalue weighted by atomic mass is 9.73. The highest BCUT2D eigenvalue weighted by molar-refractivity contribution is 5.91. The molecule has 2 aliphatic heterocycles. The molecule has 2 heterocycles. The van der Waals surface area contributed by atoms with Gasteiger partial charge in [-0.15, -0.1) is 0 Å². The maximum atomic E-state index is 12.6. The standard InChI is InChI=1S/C16H17NO8/c1-16(2)24-14-10(7-3-4-8-9(5-7)23-6-22-8)11(17(20)21)12(18)15(25-16)13(14)19/h3-5,10-12,14-15,18H,6H2,1-2H3/t10?,11-,12+,14-,15+/m1/s1. The van der Waals surface area contributed by atoms with E-state index in [1.165, 1.54) is 0 Å². The van der Waals surface area contributed by atoms with Crippen molar-refractivity contribution in [1.82, 2.24) is 0 Å². The second-order valence-electron chi connectivity index (χ2n) is 6.78. The second kappa shape index (κ2) is 5.38. The largest absolute Gasteiger partial charge is 0.454 e. The zero-order chi connectivity index (χ0) is 17.9. The van der Waals surface area contributed by atoms with Crippen molar-refractivity contribution in [3.63, 3.8) is 0 Å². The van der Waals surface area contributed by atoms with E-state index in [-0.39, 0.29) is 6.79 Å². The summed E-state index contributed by atoms with van der Waals surface area (Å²) < 4.78 is 21.7. The number of carbonyl (C=O) groups excluding carboxylic acids is 1. The Morgan fingerprint density at radius 1 is 1.20 bits per heavy atom. The molecule has 9 heteroatoms. The lowest BCUT2D eigenvalue weighted by molar-refractivity contribution is -0.550. The highest BCUT2D eigenvalue weighted by atomic mass is 16.7. The summed E-state index contributed by atoms with van der Waals surface area (Å²) in [5.41, 5.74) is 0.472. The van der Waals surface area contributed by atoms with E-state index in [1.807, 2.05) is 0 Å². The summed E-state index contributed by atoms with van der Waals surface area (Å²) >= 11 is 0. The first kappa shape index (κ1) is 16.2. The summed E-state index contributed by atoms with van der Waals surface area (Å²) in [4.78, 5) is 23.7. The minimum Gasteiger partial charge on any atom is -0.454 e. The van der Waals surface area contributed by atoms with Gasteiger partial charge in [-0.2, -0.15) is 0 Å². The molecule has 0 amide bonds. The molecule has 9 nitrogen and oxygen atoms in total. The molecule has 5 atom stereocenters. The molecule has 134 valence electrons. The Kier molecular flexibility index (Phi) is 3.50. The Labute approximate surface area is 142 Å². The summed E-state index contributed by atoms with van der Waals surface area (Å²) in [6, 6.07) is 3.41. The number of hydrogen-bond donors (Lipinski definition) is 1. The van der Waals surface area contributed by atoms with E-state index in [4.69, 9.17) is 18.9 Å². The number of carbonyl (C=O) groups is 1. The Morgan fingerprint density at radius 3 is 2.60 bits per heavy atom. The Balaban J connectivity index is 1.81. The van der Waals surface area contributed by atoms with Crippen LogP contribution in [0.15, 0.2) is 18.2 Å². The van der Waals surface area contributed by atoms with Crippen LogP contribution < -0.4 is 9.47 Å². The predicted molar refractivity (Wildman–Crippen MR) is 80.9 cm³/mol. The van der Waals surface area contributed by atoms with E-state index in [2.05, 4.69) is 0 Å².